The van der Waals surface area contributed by atoms with Crippen LogP contribution in [0.15, 0.2) is 48.5 Å². The zero-order valence-electron chi connectivity index (χ0n) is 38.4. The second-order valence-corrected chi connectivity index (χ2v) is 16.2. The highest BCUT2D eigenvalue weighted by Gasteiger charge is 2.28. The van der Waals surface area contributed by atoms with E-state index in [4.69, 9.17) is 34.0 Å². The summed E-state index contributed by atoms with van der Waals surface area (Å²) in [5, 5.41) is 79.8. The van der Waals surface area contributed by atoms with Crippen molar-refractivity contribution in [3.63, 3.8) is 0 Å². The van der Waals surface area contributed by atoms with E-state index >= 15 is 0 Å². The molecule has 2 heterocycles. The van der Waals surface area contributed by atoms with Gasteiger partial charge in [0.15, 0.2) is 16.5 Å². The summed E-state index contributed by atoms with van der Waals surface area (Å²) >= 11 is 10.3. The summed E-state index contributed by atoms with van der Waals surface area (Å²) in [6.07, 6.45) is -0.338. The summed E-state index contributed by atoms with van der Waals surface area (Å²) in [7, 11) is 1.76. The van der Waals surface area contributed by atoms with E-state index in [1.165, 1.54) is 0 Å². The van der Waals surface area contributed by atoms with Crippen LogP contribution in [0.1, 0.15) is 25.5 Å². The second-order valence-electron chi connectivity index (χ2n) is 15.4. The summed E-state index contributed by atoms with van der Waals surface area (Å²) in [4.78, 5) is 61.0. The molecule has 2 aromatic rings. The number of nitrogens with one attached hydrogen (secondary N) is 4. The monoisotopic (exact) mass is 998 g/mol. The lowest BCUT2D eigenvalue weighted by atomic mass is 10.0. The number of carbonyl (C=O) groups excluding carboxylic acids is 2. The van der Waals surface area contributed by atoms with Crippen LogP contribution in [0.3, 0.4) is 0 Å². The molecule has 4 rings (SSSR count). The number of β-amino-alcohol motifs (C(OH)–C–C–N with tert-alkyl or cyclic N) is 2. The van der Waals surface area contributed by atoms with Gasteiger partial charge < -0.3 is 66.6 Å². The van der Waals surface area contributed by atoms with Crippen molar-refractivity contribution in [3.8, 4) is 0 Å². The molecule has 2 aromatic carbocycles. The number of thiocarbonyl (C=S) groups is 2. The molecule has 22 nitrogen and oxygen atoms in total. The fraction of sp³-hybridized carbons (Fsp3) is 0.568. The number of aliphatic carboxylic acids is 3. The Kier molecular flexibility index (Phi) is 33.6. The Bertz CT molecular complexity index is 1750. The van der Waals surface area contributed by atoms with Gasteiger partial charge in [0.25, 0.3) is 0 Å². The first-order valence-electron chi connectivity index (χ1n) is 21.5. The molecule has 384 valence electrons. The quantitative estimate of drug-likeness (QED) is 0.0669. The number of hydrogen-bond acceptors (Lipinski definition) is 17. The number of aliphatic hydroxyl groups excluding tert-OH is 3. The van der Waals surface area contributed by atoms with Crippen LogP contribution in [0, 0.1) is 0 Å². The van der Waals surface area contributed by atoms with Crippen molar-refractivity contribution in [1.29, 1.82) is 0 Å². The smallest absolute Gasteiger partial charge is 0.317 e. The summed E-state index contributed by atoms with van der Waals surface area (Å²) in [6, 6.07) is 15.4. The summed E-state index contributed by atoms with van der Waals surface area (Å²) < 4.78 is 0. The van der Waals surface area contributed by atoms with Crippen LogP contribution in [0.25, 0.3) is 0 Å². The van der Waals surface area contributed by atoms with E-state index in [1.54, 1.807) is 16.8 Å². The average molecular weight is 999 g/mol. The number of nitrogens with zero attached hydrogens (tertiary/aromatic N) is 6. The number of carbonyl (C=O) groups is 5. The Morgan fingerprint density at radius 1 is 0.618 bits per heavy atom. The fourth-order valence-electron chi connectivity index (χ4n) is 7.41. The SMILES string of the molecule is C.C=O.C=O.CCNC(=S)Nc1ccc(CC2CN(CC(=O)O)CCN(CC(=O)O)CCN2CC(O)O)cc1.CNC(=S)Nc1ccc(CC2CN(CC(=O)O)CCN(CO)CCN2CO)cc1. The number of rotatable bonds is 17. The normalized spacial score (nSPS) is 17.9. The lowest BCUT2D eigenvalue weighted by Gasteiger charge is -2.34. The summed E-state index contributed by atoms with van der Waals surface area (Å²) in [5.74, 6) is -2.81. The standard InChI is InChI=1S/C22H35N5O6S.C19H31N5O4S.2CH2O.CH4/c1-2-23-22(34)24-17-5-3-16(4-6-17)11-18-12-26(14-20(30)31)8-7-25(13-19(28)29)9-10-27(18)15-21(32)33;1-20-19(29)21-16-4-2-15(3-5-16)10-17-11-23(12-18(27)28)7-6-22(13-25)8-9-24(17)14-26;2*1-2;/h3-6,18,21,32-33H,2,7-15H2,1H3,(H,28,29)(H,30,31)(H2,23,24,34);2-5,17,25-26H,6-14H2,1H3,(H,27,28)(H2,20,21,29);2*1H2;1H4. The van der Waals surface area contributed by atoms with Crippen LogP contribution >= 0.6 is 24.4 Å². The third-order valence-corrected chi connectivity index (χ3v) is 11.2. The summed E-state index contributed by atoms with van der Waals surface area (Å²) in [6.45, 7) is 10.9. The molecule has 0 aromatic heterocycles. The lowest BCUT2D eigenvalue weighted by molar-refractivity contribution is -0.140. The molecule has 0 spiro atoms. The Labute approximate surface area is 410 Å². The van der Waals surface area contributed by atoms with Gasteiger partial charge in [0.2, 0.25) is 0 Å². The minimum atomic E-state index is -1.57. The molecule has 0 bridgehead atoms. The van der Waals surface area contributed by atoms with Crippen molar-refractivity contribution in [1.82, 2.24) is 40.0 Å². The van der Waals surface area contributed by atoms with Crippen LogP contribution in [0.2, 0.25) is 0 Å². The number of aliphatic hydroxyl groups is 4. The number of carboxylic acids is 3. The third kappa shape index (κ3) is 26.1. The highest BCUT2D eigenvalue weighted by Crippen LogP contribution is 2.18. The maximum Gasteiger partial charge on any atom is 0.317 e. The van der Waals surface area contributed by atoms with Crippen molar-refractivity contribution >= 4 is 77.5 Å². The first-order valence-corrected chi connectivity index (χ1v) is 22.3. The van der Waals surface area contributed by atoms with Gasteiger partial charge in [-0.1, -0.05) is 31.7 Å². The van der Waals surface area contributed by atoms with Gasteiger partial charge in [0.05, 0.1) is 33.1 Å². The molecular weight excluding hydrogens is 925 g/mol. The van der Waals surface area contributed by atoms with Crippen LogP contribution in [-0.2, 0) is 36.8 Å². The minimum absolute atomic E-state index is 0. The number of carboxylic acid groups (broad SMARTS) is 3. The molecule has 0 radical (unpaired) electrons. The predicted octanol–water partition coefficient (Wildman–Crippen LogP) is -1.01. The van der Waals surface area contributed by atoms with Crippen LogP contribution in [-0.4, -0.2) is 244 Å². The largest absolute Gasteiger partial charge is 0.480 e. The van der Waals surface area contributed by atoms with Crippen molar-refractivity contribution < 1.29 is 59.7 Å². The van der Waals surface area contributed by atoms with Gasteiger partial charge in [-0.15, -0.1) is 0 Å². The molecule has 2 fully saturated rings. The molecule has 24 heteroatoms. The molecular formula is C44H74N10O12S2. The zero-order valence-corrected chi connectivity index (χ0v) is 40.0. The third-order valence-electron chi connectivity index (χ3n) is 10.6. The van der Waals surface area contributed by atoms with Gasteiger partial charge in [-0.2, -0.15) is 0 Å². The molecule has 68 heavy (non-hydrogen) atoms. The van der Waals surface area contributed by atoms with Crippen molar-refractivity contribution in [2.24, 2.45) is 0 Å². The zero-order chi connectivity index (χ0) is 50.3. The fourth-order valence-corrected chi connectivity index (χ4v) is 7.79. The number of anilines is 2. The first kappa shape index (κ1) is 63.2. The van der Waals surface area contributed by atoms with Gasteiger partial charge in [-0.05, 0) is 79.6 Å². The molecule has 0 aliphatic carbocycles. The first-order chi connectivity index (χ1) is 32.1. The van der Waals surface area contributed by atoms with E-state index in [0.29, 0.717) is 88.5 Å². The Hall–Kier alpha value is -4.83. The molecule has 0 saturated carbocycles. The highest BCUT2D eigenvalue weighted by atomic mass is 32.1. The van der Waals surface area contributed by atoms with Crippen LogP contribution < -0.4 is 21.3 Å². The van der Waals surface area contributed by atoms with E-state index in [9.17, 15) is 50.1 Å². The molecule has 2 atom stereocenters. The van der Waals surface area contributed by atoms with Crippen molar-refractivity contribution in [3.05, 3.63) is 59.7 Å². The van der Waals surface area contributed by atoms with Gasteiger partial charge in [-0.25, -0.2) is 0 Å². The van der Waals surface area contributed by atoms with E-state index < -0.39 is 24.2 Å². The minimum Gasteiger partial charge on any atom is -0.480 e. The molecule has 2 aliphatic heterocycles. The Balaban J connectivity index is 0.00000123. The number of hydrogen-bond donors (Lipinski definition) is 11. The average Bonchev–Trinajstić information content (AvgIpc) is 3.41. The maximum atomic E-state index is 11.4. The van der Waals surface area contributed by atoms with Crippen molar-refractivity contribution in [2.45, 2.75) is 45.6 Å². The van der Waals surface area contributed by atoms with Gasteiger partial charge in [0.1, 0.15) is 13.6 Å². The highest BCUT2D eigenvalue weighted by molar-refractivity contribution is 7.80. The number of benzene rings is 2. The predicted molar refractivity (Wildman–Crippen MR) is 268 cm³/mol. The van der Waals surface area contributed by atoms with E-state index in [-0.39, 0.29) is 59.2 Å². The maximum absolute atomic E-state index is 11.4. The topological polar surface area (TPSA) is 295 Å². The van der Waals surface area contributed by atoms with Crippen molar-refractivity contribution in [2.75, 3.05) is 129 Å². The van der Waals surface area contributed by atoms with Gasteiger partial charge in [-0.3, -0.25) is 43.8 Å². The molecule has 0 amide bonds. The molecule has 2 saturated heterocycles. The van der Waals surface area contributed by atoms with Gasteiger partial charge in [0, 0.05) is 109 Å². The Morgan fingerprint density at radius 2 is 1.00 bits per heavy atom. The van der Waals surface area contributed by atoms with Crippen LogP contribution in [0.5, 0.6) is 0 Å². The van der Waals surface area contributed by atoms with E-state index in [0.717, 1.165) is 29.0 Å². The Morgan fingerprint density at radius 3 is 1.41 bits per heavy atom. The van der Waals surface area contributed by atoms with Gasteiger partial charge >= 0.3 is 17.9 Å². The van der Waals surface area contributed by atoms with Crippen LogP contribution in [0.4, 0.5) is 11.4 Å². The molecule has 2 unspecified atom stereocenters. The summed E-state index contributed by atoms with van der Waals surface area (Å²) in [5.41, 5.74) is 3.80. The van der Waals surface area contributed by atoms with E-state index in [1.807, 2.05) is 88.6 Å². The molecule has 2 aliphatic rings. The van der Waals surface area contributed by atoms with E-state index in [2.05, 4.69) is 21.3 Å². The molecule has 11 N–H and O–H groups in total. The lowest BCUT2D eigenvalue weighted by Crippen LogP contribution is -2.49. The second kappa shape index (κ2) is 36.2.